The van der Waals surface area contributed by atoms with Crippen LogP contribution in [-0.2, 0) is 11.2 Å². The first-order valence-electron chi connectivity index (χ1n) is 6.44. The number of carboxylic acids is 1. The number of ether oxygens (including phenoxy) is 1. The highest BCUT2D eigenvalue weighted by Crippen LogP contribution is 2.24. The minimum atomic E-state index is -0.981. The minimum Gasteiger partial charge on any atom is -0.478 e. The lowest BCUT2D eigenvalue weighted by atomic mass is 10.1. The lowest BCUT2D eigenvalue weighted by molar-refractivity contribution is -0.131. The molecule has 0 aliphatic rings. The van der Waals surface area contributed by atoms with Crippen LogP contribution in [0.1, 0.15) is 5.56 Å². The normalized spacial score (nSPS) is 9.19. The van der Waals surface area contributed by atoms with E-state index in [1.54, 1.807) is 0 Å². The van der Waals surface area contributed by atoms with E-state index in [1.807, 2.05) is 54.6 Å². The van der Waals surface area contributed by atoms with Gasteiger partial charge in [-0.2, -0.15) is 0 Å². The highest BCUT2D eigenvalue weighted by atomic mass is 16.5. The SMILES string of the molecule is C=CC(=O)O.OCCc1ccccc1Oc1ccccc1. The maximum absolute atomic E-state index is 9.25. The van der Waals surface area contributed by atoms with Crippen molar-refractivity contribution < 1.29 is 19.7 Å². The molecule has 4 nitrogen and oxygen atoms in total. The Labute approximate surface area is 123 Å². The summed E-state index contributed by atoms with van der Waals surface area (Å²) in [7, 11) is 0. The van der Waals surface area contributed by atoms with E-state index in [0.717, 1.165) is 23.1 Å². The third kappa shape index (κ3) is 6.40. The van der Waals surface area contributed by atoms with Gasteiger partial charge in [0.1, 0.15) is 11.5 Å². The first-order valence-corrected chi connectivity index (χ1v) is 6.44. The first kappa shape index (κ1) is 16.5. The minimum absolute atomic E-state index is 0.134. The topological polar surface area (TPSA) is 66.8 Å². The van der Waals surface area contributed by atoms with Crippen LogP contribution >= 0.6 is 0 Å². The molecule has 2 aromatic carbocycles. The Morgan fingerprint density at radius 3 is 2.24 bits per heavy atom. The van der Waals surface area contributed by atoms with Gasteiger partial charge in [0.05, 0.1) is 0 Å². The Kier molecular flexibility index (Phi) is 7.32. The molecule has 0 aliphatic heterocycles. The molecule has 0 unspecified atom stereocenters. The number of hydrogen-bond acceptors (Lipinski definition) is 3. The molecular formula is C17H18O4. The fourth-order valence-electron chi connectivity index (χ4n) is 1.55. The lowest BCUT2D eigenvalue weighted by Crippen LogP contribution is -1.94. The maximum atomic E-state index is 9.25. The highest BCUT2D eigenvalue weighted by molar-refractivity contribution is 5.78. The quantitative estimate of drug-likeness (QED) is 0.828. The van der Waals surface area contributed by atoms with Crippen molar-refractivity contribution in [1.29, 1.82) is 0 Å². The van der Waals surface area contributed by atoms with E-state index in [2.05, 4.69) is 6.58 Å². The summed E-state index contributed by atoms with van der Waals surface area (Å²) in [6.07, 6.45) is 1.45. The summed E-state index contributed by atoms with van der Waals surface area (Å²) in [4.78, 5) is 9.25. The van der Waals surface area contributed by atoms with E-state index in [-0.39, 0.29) is 6.61 Å². The van der Waals surface area contributed by atoms with Crippen LogP contribution < -0.4 is 4.74 Å². The highest BCUT2D eigenvalue weighted by Gasteiger charge is 2.02. The molecule has 0 amide bonds. The molecule has 0 saturated heterocycles. The number of carbonyl (C=O) groups is 1. The van der Waals surface area contributed by atoms with Crippen LogP contribution in [-0.4, -0.2) is 22.8 Å². The molecule has 0 fully saturated rings. The van der Waals surface area contributed by atoms with E-state index in [1.165, 1.54) is 0 Å². The molecule has 2 rings (SSSR count). The predicted molar refractivity (Wildman–Crippen MR) is 81.6 cm³/mol. The third-order valence-corrected chi connectivity index (χ3v) is 2.50. The van der Waals surface area contributed by atoms with Crippen LogP contribution in [0.5, 0.6) is 11.5 Å². The molecule has 0 saturated carbocycles. The summed E-state index contributed by atoms with van der Waals surface area (Å²) in [5, 5.41) is 16.6. The molecule has 0 spiro atoms. The Morgan fingerprint density at radius 2 is 1.67 bits per heavy atom. The molecule has 0 heterocycles. The summed E-state index contributed by atoms with van der Waals surface area (Å²) in [6.45, 7) is 3.09. The van der Waals surface area contributed by atoms with E-state index < -0.39 is 5.97 Å². The zero-order chi connectivity index (χ0) is 15.5. The molecule has 2 aromatic rings. The molecule has 0 bridgehead atoms. The molecule has 0 aromatic heterocycles. The Bertz CT molecular complexity index is 564. The number of aliphatic carboxylic acids is 1. The van der Waals surface area contributed by atoms with E-state index >= 15 is 0 Å². The largest absolute Gasteiger partial charge is 0.478 e. The van der Waals surface area contributed by atoms with Crippen LogP contribution in [0.15, 0.2) is 67.3 Å². The van der Waals surface area contributed by atoms with E-state index in [4.69, 9.17) is 14.9 Å². The van der Waals surface area contributed by atoms with Gasteiger partial charge in [-0.15, -0.1) is 0 Å². The van der Waals surface area contributed by atoms with E-state index in [9.17, 15) is 4.79 Å². The average molecular weight is 286 g/mol. The Morgan fingerprint density at radius 1 is 1.10 bits per heavy atom. The number of aliphatic hydroxyl groups excluding tert-OH is 1. The first-order chi connectivity index (χ1) is 10.2. The van der Waals surface area contributed by atoms with Crippen LogP contribution in [0.2, 0.25) is 0 Å². The van der Waals surface area contributed by atoms with Gasteiger partial charge in [0, 0.05) is 12.7 Å². The van der Waals surface area contributed by atoms with Gasteiger partial charge >= 0.3 is 5.97 Å². The third-order valence-electron chi connectivity index (χ3n) is 2.50. The van der Waals surface area contributed by atoms with Gasteiger partial charge in [0.25, 0.3) is 0 Å². The molecule has 4 heteroatoms. The van der Waals surface area contributed by atoms with Crippen molar-refractivity contribution in [2.75, 3.05) is 6.61 Å². The fourth-order valence-corrected chi connectivity index (χ4v) is 1.55. The van der Waals surface area contributed by atoms with Gasteiger partial charge in [0.2, 0.25) is 0 Å². The molecule has 21 heavy (non-hydrogen) atoms. The van der Waals surface area contributed by atoms with Gasteiger partial charge < -0.3 is 14.9 Å². The van der Waals surface area contributed by atoms with Crippen molar-refractivity contribution in [2.24, 2.45) is 0 Å². The molecule has 0 aliphatic carbocycles. The number of para-hydroxylation sites is 2. The zero-order valence-corrected chi connectivity index (χ0v) is 11.6. The van der Waals surface area contributed by atoms with Crippen molar-refractivity contribution in [2.45, 2.75) is 6.42 Å². The molecule has 0 atom stereocenters. The van der Waals surface area contributed by atoms with E-state index in [0.29, 0.717) is 6.42 Å². The number of rotatable bonds is 5. The fraction of sp³-hybridized carbons (Fsp3) is 0.118. The van der Waals surface area contributed by atoms with Crippen LogP contribution in [0.25, 0.3) is 0 Å². The average Bonchev–Trinajstić information content (AvgIpc) is 2.51. The Hall–Kier alpha value is -2.59. The standard InChI is InChI=1S/C14H14O2.C3H4O2/c15-11-10-12-6-4-5-9-14(12)16-13-7-2-1-3-8-13;1-2-3(4)5/h1-9,15H,10-11H2;2H,1H2,(H,4,5). The Balaban J connectivity index is 0.000000383. The second kappa shape index (κ2) is 9.34. The van der Waals surface area contributed by atoms with Crippen molar-refractivity contribution in [3.63, 3.8) is 0 Å². The number of carboxylic acid groups (broad SMARTS) is 1. The molecule has 110 valence electrons. The second-order valence-electron chi connectivity index (χ2n) is 4.04. The summed E-state index contributed by atoms with van der Waals surface area (Å²) in [5.41, 5.74) is 1.02. The van der Waals surface area contributed by atoms with Crippen LogP contribution in [0.3, 0.4) is 0 Å². The van der Waals surface area contributed by atoms with Crippen molar-refractivity contribution >= 4 is 5.97 Å². The van der Waals surface area contributed by atoms with Gasteiger partial charge in [-0.25, -0.2) is 4.79 Å². The molecular weight excluding hydrogens is 268 g/mol. The van der Waals surface area contributed by atoms with Gasteiger partial charge in [-0.3, -0.25) is 0 Å². The van der Waals surface area contributed by atoms with Crippen molar-refractivity contribution in [3.8, 4) is 11.5 Å². The van der Waals surface area contributed by atoms with Gasteiger partial charge in [0.15, 0.2) is 0 Å². The van der Waals surface area contributed by atoms with Crippen molar-refractivity contribution in [1.82, 2.24) is 0 Å². The maximum Gasteiger partial charge on any atom is 0.327 e. The van der Waals surface area contributed by atoms with Gasteiger partial charge in [-0.05, 0) is 30.2 Å². The monoisotopic (exact) mass is 286 g/mol. The molecule has 0 radical (unpaired) electrons. The van der Waals surface area contributed by atoms with Crippen LogP contribution in [0.4, 0.5) is 0 Å². The van der Waals surface area contributed by atoms with Crippen molar-refractivity contribution in [3.05, 3.63) is 72.8 Å². The summed E-state index contributed by atoms with van der Waals surface area (Å²) >= 11 is 0. The summed E-state index contributed by atoms with van der Waals surface area (Å²) in [5.74, 6) is 0.639. The van der Waals surface area contributed by atoms with Crippen LogP contribution in [0, 0.1) is 0 Å². The zero-order valence-electron chi connectivity index (χ0n) is 11.6. The summed E-state index contributed by atoms with van der Waals surface area (Å²) in [6, 6.07) is 17.4. The number of benzene rings is 2. The lowest BCUT2D eigenvalue weighted by Gasteiger charge is -2.09. The number of aliphatic hydroxyl groups is 1. The molecule has 2 N–H and O–H groups in total. The van der Waals surface area contributed by atoms with Gasteiger partial charge in [-0.1, -0.05) is 43.0 Å². The smallest absolute Gasteiger partial charge is 0.327 e. The summed E-state index contributed by atoms with van der Waals surface area (Å²) < 4.78 is 5.75. The predicted octanol–water partition coefficient (Wildman–Crippen LogP) is 3.27. The second-order valence-corrected chi connectivity index (χ2v) is 4.04. The number of hydrogen-bond donors (Lipinski definition) is 2.